The molecule has 2 nitrogen and oxygen atoms in total. The first-order valence-electron chi connectivity index (χ1n) is 4.70. The molecule has 0 bridgehead atoms. The van der Waals surface area contributed by atoms with Gasteiger partial charge < -0.3 is 0 Å². The lowest BCUT2D eigenvalue weighted by molar-refractivity contribution is 0.627. The van der Waals surface area contributed by atoms with E-state index in [0.717, 1.165) is 11.0 Å². The molecule has 1 aromatic carbocycles. The smallest absolute Gasteiger partial charge is 0.132 e. The molecule has 0 aliphatic heterocycles. The summed E-state index contributed by atoms with van der Waals surface area (Å²) >= 11 is 3.38. The molecule has 0 N–H and O–H groups in total. The Labute approximate surface area is 95.9 Å². The molecule has 0 fully saturated rings. The number of rotatable bonds is 2. The minimum absolute atomic E-state index is 0.250. The third-order valence-corrected chi connectivity index (χ3v) is 2.75. The summed E-state index contributed by atoms with van der Waals surface area (Å²) in [4.78, 5) is 0. The van der Waals surface area contributed by atoms with E-state index in [0.29, 0.717) is 11.3 Å². The van der Waals surface area contributed by atoms with Crippen LogP contribution in [0.5, 0.6) is 0 Å². The fourth-order valence-corrected chi connectivity index (χ4v) is 1.92. The predicted octanol–water partition coefficient (Wildman–Crippen LogP) is 3.47. The second-order valence-corrected chi connectivity index (χ2v) is 4.02. The normalized spacial score (nSPS) is 10.6. The highest BCUT2D eigenvalue weighted by Crippen LogP contribution is 2.28. The monoisotopic (exact) mass is 268 g/mol. The third kappa shape index (κ3) is 1.95. The van der Waals surface area contributed by atoms with Crippen molar-refractivity contribution < 1.29 is 4.39 Å². The van der Waals surface area contributed by atoms with Gasteiger partial charge >= 0.3 is 0 Å². The molecular weight excluding hydrogens is 259 g/mol. The van der Waals surface area contributed by atoms with Crippen LogP contribution in [0, 0.1) is 5.82 Å². The van der Waals surface area contributed by atoms with Gasteiger partial charge in [0.2, 0.25) is 0 Å². The van der Waals surface area contributed by atoms with Gasteiger partial charge in [0.15, 0.2) is 0 Å². The van der Waals surface area contributed by atoms with Crippen LogP contribution in [0.15, 0.2) is 34.9 Å². The van der Waals surface area contributed by atoms with Gasteiger partial charge in [0, 0.05) is 18.3 Å². The number of aromatic nitrogens is 2. The van der Waals surface area contributed by atoms with Crippen molar-refractivity contribution in [2.75, 3.05) is 0 Å². The first kappa shape index (κ1) is 10.4. The molecule has 0 atom stereocenters. The maximum Gasteiger partial charge on any atom is 0.132 e. The van der Waals surface area contributed by atoms with Crippen LogP contribution in [-0.4, -0.2) is 9.78 Å². The van der Waals surface area contributed by atoms with Crippen LogP contribution in [0.1, 0.15) is 6.92 Å². The van der Waals surface area contributed by atoms with Crippen molar-refractivity contribution >= 4 is 15.9 Å². The van der Waals surface area contributed by atoms with Gasteiger partial charge in [-0.25, -0.2) is 4.39 Å². The Morgan fingerprint density at radius 3 is 2.73 bits per heavy atom. The molecule has 0 saturated heterocycles. The van der Waals surface area contributed by atoms with Crippen LogP contribution in [0.4, 0.5) is 4.39 Å². The van der Waals surface area contributed by atoms with Crippen LogP contribution in [-0.2, 0) is 6.54 Å². The summed E-state index contributed by atoms with van der Waals surface area (Å²) in [5, 5.41) is 4.29. The van der Waals surface area contributed by atoms with Gasteiger partial charge in [0.1, 0.15) is 11.5 Å². The lowest BCUT2D eigenvalue weighted by atomic mass is 10.1. The first-order valence-corrected chi connectivity index (χ1v) is 5.49. The van der Waals surface area contributed by atoms with E-state index in [1.54, 1.807) is 22.9 Å². The second kappa shape index (κ2) is 4.14. The summed E-state index contributed by atoms with van der Waals surface area (Å²) in [6.45, 7) is 2.76. The lowest BCUT2D eigenvalue weighted by Crippen LogP contribution is -1.94. The number of halogens is 2. The summed E-state index contributed by atoms with van der Waals surface area (Å²) < 4.78 is 16.1. The zero-order valence-corrected chi connectivity index (χ0v) is 9.83. The minimum Gasteiger partial charge on any atom is -0.271 e. The van der Waals surface area contributed by atoms with Gasteiger partial charge in [-0.15, -0.1) is 0 Å². The number of benzene rings is 1. The molecule has 1 heterocycles. The Balaban J connectivity index is 2.54. The maximum absolute atomic E-state index is 13.5. The Hall–Kier alpha value is -1.16. The van der Waals surface area contributed by atoms with Crippen LogP contribution in [0.3, 0.4) is 0 Å². The lowest BCUT2D eigenvalue weighted by Gasteiger charge is -1.99. The SMILES string of the molecule is CCn1cc(Br)c(-c2ccccc2F)n1. The third-order valence-electron chi connectivity index (χ3n) is 2.17. The van der Waals surface area contributed by atoms with Gasteiger partial charge in [-0.3, -0.25) is 4.68 Å². The minimum atomic E-state index is -0.250. The summed E-state index contributed by atoms with van der Waals surface area (Å²) in [6.07, 6.45) is 1.85. The summed E-state index contributed by atoms with van der Waals surface area (Å²) in [5.41, 5.74) is 1.17. The van der Waals surface area contributed by atoms with E-state index >= 15 is 0 Å². The molecule has 0 saturated carbocycles. The highest BCUT2D eigenvalue weighted by Gasteiger charge is 2.11. The highest BCUT2D eigenvalue weighted by molar-refractivity contribution is 9.10. The number of aryl methyl sites for hydroxylation is 1. The van der Waals surface area contributed by atoms with Gasteiger partial charge in [-0.05, 0) is 35.0 Å². The van der Waals surface area contributed by atoms with Crippen LogP contribution >= 0.6 is 15.9 Å². The van der Waals surface area contributed by atoms with Crippen molar-refractivity contribution in [1.82, 2.24) is 9.78 Å². The van der Waals surface area contributed by atoms with Crippen molar-refractivity contribution in [2.24, 2.45) is 0 Å². The number of nitrogens with zero attached hydrogens (tertiary/aromatic N) is 2. The molecule has 1 aromatic heterocycles. The summed E-state index contributed by atoms with van der Waals surface area (Å²) in [5.74, 6) is -0.250. The van der Waals surface area contributed by atoms with Crippen molar-refractivity contribution in [3.63, 3.8) is 0 Å². The fraction of sp³-hybridized carbons (Fsp3) is 0.182. The molecule has 0 radical (unpaired) electrons. The molecule has 4 heteroatoms. The number of hydrogen-bond donors (Lipinski definition) is 0. The molecule has 2 aromatic rings. The fourth-order valence-electron chi connectivity index (χ4n) is 1.39. The Morgan fingerprint density at radius 1 is 1.40 bits per heavy atom. The molecule has 78 valence electrons. The predicted molar refractivity (Wildman–Crippen MR) is 61.0 cm³/mol. The molecule has 2 rings (SSSR count). The second-order valence-electron chi connectivity index (χ2n) is 3.16. The van der Waals surface area contributed by atoms with E-state index in [2.05, 4.69) is 21.0 Å². The van der Waals surface area contributed by atoms with E-state index in [1.807, 2.05) is 13.1 Å². The highest BCUT2D eigenvalue weighted by atomic mass is 79.9. The van der Waals surface area contributed by atoms with E-state index in [1.165, 1.54) is 6.07 Å². The molecule has 0 amide bonds. The maximum atomic E-state index is 13.5. The molecule has 15 heavy (non-hydrogen) atoms. The van der Waals surface area contributed by atoms with Crippen molar-refractivity contribution in [2.45, 2.75) is 13.5 Å². The average Bonchev–Trinajstić information content (AvgIpc) is 2.60. The molecular formula is C11H10BrFN2. The van der Waals surface area contributed by atoms with E-state index in [-0.39, 0.29) is 5.82 Å². The number of hydrogen-bond acceptors (Lipinski definition) is 1. The van der Waals surface area contributed by atoms with E-state index in [4.69, 9.17) is 0 Å². The first-order chi connectivity index (χ1) is 7.22. The Kier molecular flexibility index (Phi) is 2.86. The molecule has 0 spiro atoms. The van der Waals surface area contributed by atoms with E-state index < -0.39 is 0 Å². The topological polar surface area (TPSA) is 17.8 Å². The zero-order chi connectivity index (χ0) is 10.8. The largest absolute Gasteiger partial charge is 0.271 e. The van der Waals surface area contributed by atoms with Gasteiger partial charge in [0.25, 0.3) is 0 Å². The Bertz CT molecular complexity index is 479. The van der Waals surface area contributed by atoms with Crippen molar-refractivity contribution in [3.05, 3.63) is 40.8 Å². The standard InChI is InChI=1S/C11H10BrFN2/c1-2-15-7-9(12)11(14-15)8-5-3-4-6-10(8)13/h3-7H,2H2,1H3. The molecule has 0 aliphatic carbocycles. The van der Waals surface area contributed by atoms with E-state index in [9.17, 15) is 4.39 Å². The van der Waals surface area contributed by atoms with Crippen LogP contribution in [0.25, 0.3) is 11.3 Å². The van der Waals surface area contributed by atoms with Gasteiger partial charge in [0.05, 0.1) is 4.47 Å². The summed E-state index contributed by atoms with van der Waals surface area (Å²) in [6, 6.07) is 6.63. The van der Waals surface area contributed by atoms with Crippen LogP contribution < -0.4 is 0 Å². The van der Waals surface area contributed by atoms with Crippen molar-refractivity contribution in [3.8, 4) is 11.3 Å². The zero-order valence-electron chi connectivity index (χ0n) is 8.24. The summed E-state index contributed by atoms with van der Waals surface area (Å²) in [7, 11) is 0. The Morgan fingerprint density at radius 2 is 2.13 bits per heavy atom. The molecule has 0 aliphatic rings. The molecule has 0 unspecified atom stereocenters. The van der Waals surface area contributed by atoms with Gasteiger partial charge in [-0.2, -0.15) is 5.10 Å². The quantitative estimate of drug-likeness (QED) is 0.816. The van der Waals surface area contributed by atoms with Crippen molar-refractivity contribution in [1.29, 1.82) is 0 Å². The average molecular weight is 269 g/mol. The van der Waals surface area contributed by atoms with Gasteiger partial charge in [-0.1, -0.05) is 12.1 Å². The van der Waals surface area contributed by atoms with Crippen LogP contribution in [0.2, 0.25) is 0 Å².